The van der Waals surface area contributed by atoms with Gasteiger partial charge in [-0.25, -0.2) is 10.1 Å². The van der Waals surface area contributed by atoms with E-state index in [9.17, 15) is 0 Å². The first-order valence-electron chi connectivity index (χ1n) is 11.6. The number of nitrogen functional groups attached to an aromatic ring is 1. The van der Waals surface area contributed by atoms with Gasteiger partial charge in [-0.1, -0.05) is 90.1 Å². The first kappa shape index (κ1) is 21.8. The van der Waals surface area contributed by atoms with Crippen molar-refractivity contribution >= 4 is 17.0 Å². The molecule has 0 bridgehead atoms. The van der Waals surface area contributed by atoms with Gasteiger partial charge in [-0.3, -0.25) is 0 Å². The summed E-state index contributed by atoms with van der Waals surface area (Å²) < 4.78 is 0. The summed E-state index contributed by atoms with van der Waals surface area (Å²) in [5, 5.41) is 14.8. The van der Waals surface area contributed by atoms with Crippen molar-refractivity contribution in [3.05, 3.63) is 119 Å². The van der Waals surface area contributed by atoms with Crippen LogP contribution < -0.4 is 11.1 Å². The molecule has 1 unspecified atom stereocenters. The lowest BCUT2D eigenvalue weighted by Crippen LogP contribution is -2.19. The van der Waals surface area contributed by atoms with E-state index >= 15 is 0 Å². The molecular formula is C28H28N6. The highest BCUT2D eigenvalue weighted by molar-refractivity contribution is 5.77. The maximum absolute atomic E-state index is 6.11. The molecule has 6 nitrogen and oxygen atoms in total. The van der Waals surface area contributed by atoms with Gasteiger partial charge < -0.3 is 11.1 Å². The molecule has 6 heteroatoms. The Labute approximate surface area is 199 Å². The molecule has 0 aliphatic carbocycles. The van der Waals surface area contributed by atoms with Crippen LogP contribution >= 0.6 is 0 Å². The fraction of sp³-hybridized carbons (Fsp3) is 0.179. The van der Waals surface area contributed by atoms with Crippen molar-refractivity contribution in [2.24, 2.45) is 0 Å². The molecule has 34 heavy (non-hydrogen) atoms. The Hall–Kier alpha value is -4.03. The van der Waals surface area contributed by atoms with Gasteiger partial charge in [0.05, 0.1) is 0 Å². The van der Waals surface area contributed by atoms with Crippen molar-refractivity contribution in [1.82, 2.24) is 25.7 Å². The van der Waals surface area contributed by atoms with Crippen molar-refractivity contribution in [2.75, 3.05) is 12.3 Å². The minimum Gasteiger partial charge on any atom is -0.384 e. The van der Waals surface area contributed by atoms with Gasteiger partial charge in [-0.15, -0.1) is 5.10 Å². The van der Waals surface area contributed by atoms with Crippen LogP contribution in [0.4, 0.5) is 5.82 Å². The summed E-state index contributed by atoms with van der Waals surface area (Å²) in [5.74, 6) is 0.600. The number of H-pyrrole nitrogens is 1. The third-order valence-corrected chi connectivity index (χ3v) is 6.21. The van der Waals surface area contributed by atoms with Crippen molar-refractivity contribution in [1.29, 1.82) is 0 Å². The summed E-state index contributed by atoms with van der Waals surface area (Å²) in [6, 6.07) is 31.7. The molecule has 0 fully saturated rings. The monoisotopic (exact) mass is 448 g/mol. The van der Waals surface area contributed by atoms with Gasteiger partial charge in [0, 0.05) is 12.5 Å². The predicted octanol–water partition coefficient (Wildman–Crippen LogP) is 4.84. The topological polar surface area (TPSA) is 92.5 Å². The van der Waals surface area contributed by atoms with Crippen LogP contribution in [-0.2, 0) is 13.0 Å². The summed E-state index contributed by atoms with van der Waals surface area (Å²) >= 11 is 0. The Morgan fingerprint density at radius 1 is 0.853 bits per heavy atom. The maximum Gasteiger partial charge on any atom is 0.178 e. The number of aromatic nitrogens is 4. The average Bonchev–Trinajstić information content (AvgIpc) is 3.34. The van der Waals surface area contributed by atoms with Crippen LogP contribution in [0.3, 0.4) is 0 Å². The van der Waals surface area contributed by atoms with Gasteiger partial charge in [0.1, 0.15) is 11.3 Å². The number of nitrogens with zero attached hydrogens (tertiary/aromatic N) is 3. The molecule has 4 N–H and O–H groups in total. The molecule has 0 radical (unpaired) electrons. The molecule has 0 aliphatic rings. The summed E-state index contributed by atoms with van der Waals surface area (Å²) in [6.07, 6.45) is 1.84. The molecule has 3 aromatic carbocycles. The number of anilines is 1. The van der Waals surface area contributed by atoms with Crippen LogP contribution in [0, 0.1) is 0 Å². The third kappa shape index (κ3) is 4.97. The molecule has 0 aliphatic heterocycles. The average molecular weight is 449 g/mol. The lowest BCUT2D eigenvalue weighted by atomic mass is 9.88. The van der Waals surface area contributed by atoms with Crippen molar-refractivity contribution in [2.45, 2.75) is 25.3 Å². The number of benzene rings is 3. The van der Waals surface area contributed by atoms with E-state index in [0.29, 0.717) is 11.5 Å². The van der Waals surface area contributed by atoms with E-state index in [4.69, 9.17) is 5.73 Å². The molecule has 0 amide bonds. The van der Waals surface area contributed by atoms with Gasteiger partial charge in [0.15, 0.2) is 5.65 Å². The lowest BCUT2D eigenvalue weighted by Gasteiger charge is -2.19. The quantitative estimate of drug-likeness (QED) is 0.281. The van der Waals surface area contributed by atoms with Crippen LogP contribution in [0.2, 0.25) is 0 Å². The van der Waals surface area contributed by atoms with E-state index < -0.39 is 0 Å². The van der Waals surface area contributed by atoms with Crippen molar-refractivity contribution in [3.63, 3.8) is 0 Å². The molecule has 5 aromatic rings. The third-order valence-electron chi connectivity index (χ3n) is 6.21. The Bertz CT molecular complexity index is 1350. The van der Waals surface area contributed by atoms with Gasteiger partial charge in [-0.05, 0) is 53.3 Å². The highest BCUT2D eigenvalue weighted by atomic mass is 15.3. The normalized spacial score (nSPS) is 12.1. The summed E-state index contributed by atoms with van der Waals surface area (Å²) in [7, 11) is 0. The van der Waals surface area contributed by atoms with E-state index in [1.165, 1.54) is 22.3 Å². The summed E-state index contributed by atoms with van der Waals surface area (Å²) in [4.78, 5) is 4.33. The SMILES string of the molecule is Nc1cc(C(CCNCc2ccccc2Cc2ccccc2)c2ccccc2)c2nn[nH]c2n1. The van der Waals surface area contributed by atoms with Gasteiger partial charge in [-0.2, -0.15) is 0 Å². The highest BCUT2D eigenvalue weighted by Gasteiger charge is 2.20. The van der Waals surface area contributed by atoms with E-state index in [-0.39, 0.29) is 5.92 Å². The highest BCUT2D eigenvalue weighted by Crippen LogP contribution is 2.32. The van der Waals surface area contributed by atoms with E-state index in [0.717, 1.165) is 37.0 Å². The molecule has 170 valence electrons. The number of nitrogens with one attached hydrogen (secondary N) is 2. The summed E-state index contributed by atoms with van der Waals surface area (Å²) in [6.45, 7) is 1.67. The lowest BCUT2D eigenvalue weighted by molar-refractivity contribution is 0.611. The number of hydrogen-bond donors (Lipinski definition) is 3. The van der Waals surface area contributed by atoms with Crippen LogP contribution in [-0.4, -0.2) is 26.9 Å². The second kappa shape index (κ2) is 10.3. The van der Waals surface area contributed by atoms with Crippen LogP contribution in [0.1, 0.15) is 40.2 Å². The van der Waals surface area contributed by atoms with Gasteiger partial charge in [0.2, 0.25) is 0 Å². The number of rotatable bonds is 9. The first-order valence-corrected chi connectivity index (χ1v) is 11.6. The minimum absolute atomic E-state index is 0.131. The van der Waals surface area contributed by atoms with Crippen molar-refractivity contribution in [3.8, 4) is 0 Å². The van der Waals surface area contributed by atoms with Crippen LogP contribution in [0.5, 0.6) is 0 Å². The molecular weight excluding hydrogens is 420 g/mol. The Morgan fingerprint density at radius 3 is 2.35 bits per heavy atom. The van der Waals surface area contributed by atoms with Crippen molar-refractivity contribution < 1.29 is 0 Å². The second-order valence-corrected chi connectivity index (χ2v) is 8.51. The van der Waals surface area contributed by atoms with Crippen LogP contribution in [0.15, 0.2) is 91.0 Å². The molecule has 0 spiro atoms. The van der Waals surface area contributed by atoms with E-state index in [2.05, 4.69) is 105 Å². The Kier molecular flexibility index (Phi) is 6.59. The molecule has 0 saturated heterocycles. The fourth-order valence-electron chi connectivity index (χ4n) is 4.52. The predicted molar refractivity (Wildman–Crippen MR) is 136 cm³/mol. The Morgan fingerprint density at radius 2 is 1.56 bits per heavy atom. The number of hydrogen-bond acceptors (Lipinski definition) is 5. The zero-order valence-corrected chi connectivity index (χ0v) is 19.0. The molecule has 5 rings (SSSR count). The summed E-state index contributed by atoms with van der Waals surface area (Å²) in [5.41, 5.74) is 13.8. The molecule has 2 heterocycles. The largest absolute Gasteiger partial charge is 0.384 e. The van der Waals surface area contributed by atoms with Gasteiger partial charge in [0.25, 0.3) is 0 Å². The fourth-order valence-corrected chi connectivity index (χ4v) is 4.52. The maximum atomic E-state index is 6.11. The number of fused-ring (bicyclic) bond motifs is 1. The standard InChI is InChI=1S/C28H28N6/c29-26-18-25(27-28(31-26)33-34-32-27)24(21-11-5-2-6-12-21)15-16-30-19-23-14-8-7-13-22(23)17-20-9-3-1-4-10-20/h1-14,18,24,30H,15-17,19H2,(H3,29,31,32,33,34). The molecule has 0 saturated carbocycles. The Balaban J connectivity index is 1.31. The molecule has 2 aromatic heterocycles. The van der Waals surface area contributed by atoms with Gasteiger partial charge >= 0.3 is 0 Å². The number of nitrogens with two attached hydrogens (primary N) is 1. The number of aromatic amines is 1. The zero-order chi connectivity index (χ0) is 23.2. The van der Waals surface area contributed by atoms with Crippen LogP contribution in [0.25, 0.3) is 11.2 Å². The molecule has 1 atom stereocenters. The minimum atomic E-state index is 0.131. The smallest absolute Gasteiger partial charge is 0.178 e. The second-order valence-electron chi connectivity index (χ2n) is 8.51. The van der Waals surface area contributed by atoms with E-state index in [1.54, 1.807) is 0 Å². The number of pyridine rings is 1. The first-order chi connectivity index (χ1) is 16.8. The zero-order valence-electron chi connectivity index (χ0n) is 19.0. The van der Waals surface area contributed by atoms with E-state index in [1.807, 2.05) is 12.1 Å².